The summed E-state index contributed by atoms with van der Waals surface area (Å²) in [4.78, 5) is 35.3. The maximum atomic E-state index is 12.0. The van der Waals surface area contributed by atoms with Crippen LogP contribution in [0.3, 0.4) is 0 Å². The summed E-state index contributed by atoms with van der Waals surface area (Å²) >= 11 is 3.51. The smallest absolute Gasteiger partial charge is 0.328 e. The minimum atomic E-state index is -0.842. The molecule has 0 aliphatic carbocycles. The Hall–Kier alpha value is -3.65. The lowest BCUT2D eigenvalue weighted by Gasteiger charge is -2.17. The number of nitrogens with one attached hydrogen (secondary N) is 2. The fraction of sp³-hybridized carbons (Fsp3) is 0.125. The van der Waals surface area contributed by atoms with Gasteiger partial charge in [-0.05, 0) is 63.0 Å². The molecule has 4 amide bonds. The van der Waals surface area contributed by atoms with Crippen molar-refractivity contribution in [1.29, 1.82) is 0 Å². The average molecular weight is 495 g/mol. The van der Waals surface area contributed by atoms with Crippen LogP contribution in [0.25, 0.3) is 16.8 Å². The van der Waals surface area contributed by atoms with Gasteiger partial charge in [0, 0.05) is 0 Å². The molecule has 0 saturated carbocycles. The lowest BCUT2D eigenvalue weighted by Crippen LogP contribution is -2.51. The number of hydrogen-bond acceptors (Lipinski definition) is 5. The zero-order valence-electron chi connectivity index (χ0n) is 17.1. The summed E-state index contributed by atoms with van der Waals surface area (Å²) in [6.45, 7) is 2.57. The Balaban J connectivity index is 1.64. The normalized spacial score (nSPS) is 13.6. The standard InChI is InChI=1S/C24H19BrN2O5/c1-2-31-20-12-14(10-18-22(28)26-24(30)27-23(18)29)11-19(25)21(20)32-13-16-8-5-7-15-6-3-4-9-17(15)16/h3-12H,2,13H2,1H3,(H2,26,27,28,29,30). The van der Waals surface area contributed by atoms with Crippen molar-refractivity contribution in [2.45, 2.75) is 13.5 Å². The Morgan fingerprint density at radius 3 is 2.41 bits per heavy atom. The van der Waals surface area contributed by atoms with Gasteiger partial charge >= 0.3 is 6.03 Å². The summed E-state index contributed by atoms with van der Waals surface area (Å²) in [5.74, 6) is -0.551. The first kappa shape index (κ1) is 21.6. The van der Waals surface area contributed by atoms with E-state index in [1.807, 2.05) is 49.4 Å². The van der Waals surface area contributed by atoms with Crippen molar-refractivity contribution < 1.29 is 23.9 Å². The Morgan fingerprint density at radius 2 is 1.66 bits per heavy atom. The second kappa shape index (κ2) is 9.23. The second-order valence-electron chi connectivity index (χ2n) is 6.99. The number of carbonyl (C=O) groups excluding carboxylic acids is 3. The Morgan fingerprint density at radius 1 is 0.938 bits per heavy atom. The van der Waals surface area contributed by atoms with E-state index in [-0.39, 0.29) is 5.57 Å². The molecule has 8 heteroatoms. The summed E-state index contributed by atoms with van der Waals surface area (Å²) in [7, 11) is 0. The van der Waals surface area contributed by atoms with E-state index in [1.165, 1.54) is 6.08 Å². The molecule has 2 N–H and O–H groups in total. The van der Waals surface area contributed by atoms with E-state index in [4.69, 9.17) is 9.47 Å². The van der Waals surface area contributed by atoms with Gasteiger partial charge in [-0.3, -0.25) is 20.2 Å². The number of barbiturate groups is 1. The molecular weight excluding hydrogens is 476 g/mol. The Kier molecular flexibility index (Phi) is 6.23. The monoisotopic (exact) mass is 494 g/mol. The van der Waals surface area contributed by atoms with Gasteiger partial charge in [0.1, 0.15) is 12.2 Å². The number of rotatable bonds is 6. The molecule has 7 nitrogen and oxygen atoms in total. The number of fused-ring (bicyclic) bond motifs is 1. The lowest BCUT2D eigenvalue weighted by atomic mass is 10.1. The molecule has 1 saturated heterocycles. The first-order chi connectivity index (χ1) is 15.5. The van der Waals surface area contributed by atoms with Gasteiger partial charge in [0.2, 0.25) is 0 Å². The fourth-order valence-corrected chi connectivity index (χ4v) is 3.99. The summed E-state index contributed by atoms with van der Waals surface area (Å²) < 4.78 is 12.5. The maximum Gasteiger partial charge on any atom is 0.328 e. The number of amides is 4. The summed E-state index contributed by atoms with van der Waals surface area (Å²) in [6.07, 6.45) is 1.39. The molecule has 1 heterocycles. The van der Waals surface area contributed by atoms with Crippen molar-refractivity contribution in [1.82, 2.24) is 10.6 Å². The highest BCUT2D eigenvalue weighted by Crippen LogP contribution is 2.38. The molecule has 0 aromatic heterocycles. The lowest BCUT2D eigenvalue weighted by molar-refractivity contribution is -0.123. The van der Waals surface area contributed by atoms with Crippen LogP contribution < -0.4 is 20.1 Å². The molecule has 0 bridgehead atoms. The minimum Gasteiger partial charge on any atom is -0.490 e. The van der Waals surface area contributed by atoms with Gasteiger partial charge in [0.15, 0.2) is 11.5 Å². The molecule has 32 heavy (non-hydrogen) atoms. The number of imide groups is 2. The molecule has 0 spiro atoms. The van der Waals surface area contributed by atoms with Gasteiger partial charge in [-0.2, -0.15) is 0 Å². The van der Waals surface area contributed by atoms with E-state index in [0.717, 1.165) is 16.3 Å². The number of urea groups is 1. The Labute approximate surface area is 192 Å². The largest absolute Gasteiger partial charge is 0.490 e. The minimum absolute atomic E-state index is 0.177. The third kappa shape index (κ3) is 4.50. The predicted octanol–water partition coefficient (Wildman–Crippen LogP) is 4.33. The summed E-state index contributed by atoms with van der Waals surface area (Å²) in [6, 6.07) is 16.7. The van der Waals surface area contributed by atoms with Crippen molar-refractivity contribution in [2.75, 3.05) is 6.61 Å². The van der Waals surface area contributed by atoms with E-state index in [2.05, 4.69) is 26.6 Å². The van der Waals surface area contributed by atoms with E-state index in [9.17, 15) is 14.4 Å². The van der Waals surface area contributed by atoms with Gasteiger partial charge in [-0.15, -0.1) is 0 Å². The fourth-order valence-electron chi connectivity index (χ4n) is 3.42. The van der Waals surface area contributed by atoms with Crippen LogP contribution in [-0.4, -0.2) is 24.5 Å². The van der Waals surface area contributed by atoms with Crippen LogP contribution >= 0.6 is 15.9 Å². The SMILES string of the molecule is CCOc1cc(C=C2C(=O)NC(=O)NC2=O)cc(Br)c1OCc1cccc2ccccc12. The molecule has 0 atom stereocenters. The van der Waals surface area contributed by atoms with Crippen LogP contribution in [0.5, 0.6) is 11.5 Å². The van der Waals surface area contributed by atoms with Crippen molar-refractivity contribution in [2.24, 2.45) is 0 Å². The van der Waals surface area contributed by atoms with E-state index < -0.39 is 17.8 Å². The van der Waals surface area contributed by atoms with Crippen LogP contribution in [0.4, 0.5) is 4.79 Å². The molecular formula is C24H19BrN2O5. The predicted molar refractivity (Wildman–Crippen MR) is 123 cm³/mol. The second-order valence-corrected chi connectivity index (χ2v) is 7.84. The van der Waals surface area contributed by atoms with Gasteiger partial charge in [0.05, 0.1) is 11.1 Å². The van der Waals surface area contributed by atoms with Gasteiger partial charge in [-0.1, -0.05) is 42.5 Å². The maximum absolute atomic E-state index is 12.0. The van der Waals surface area contributed by atoms with E-state index in [1.54, 1.807) is 12.1 Å². The Bertz CT molecular complexity index is 1240. The van der Waals surface area contributed by atoms with Crippen molar-refractivity contribution in [3.05, 3.63) is 75.8 Å². The van der Waals surface area contributed by atoms with Crippen LogP contribution in [0.1, 0.15) is 18.1 Å². The van der Waals surface area contributed by atoms with Gasteiger partial charge < -0.3 is 9.47 Å². The third-order valence-electron chi connectivity index (χ3n) is 4.84. The molecule has 3 aromatic rings. The van der Waals surface area contributed by atoms with E-state index in [0.29, 0.717) is 34.7 Å². The zero-order valence-corrected chi connectivity index (χ0v) is 18.7. The highest BCUT2D eigenvalue weighted by molar-refractivity contribution is 9.10. The quantitative estimate of drug-likeness (QED) is 0.392. The molecule has 1 aliphatic rings. The number of carbonyl (C=O) groups is 3. The van der Waals surface area contributed by atoms with Crippen LogP contribution in [-0.2, 0) is 16.2 Å². The van der Waals surface area contributed by atoms with Crippen LogP contribution in [0.2, 0.25) is 0 Å². The molecule has 0 radical (unpaired) electrons. The highest BCUT2D eigenvalue weighted by Gasteiger charge is 2.28. The molecule has 0 unspecified atom stereocenters. The third-order valence-corrected chi connectivity index (χ3v) is 5.43. The summed E-state index contributed by atoms with van der Waals surface area (Å²) in [5.41, 5.74) is 1.39. The molecule has 3 aromatic carbocycles. The molecule has 162 valence electrons. The molecule has 4 rings (SSSR count). The van der Waals surface area contributed by atoms with Gasteiger partial charge in [-0.25, -0.2) is 4.79 Å². The first-order valence-corrected chi connectivity index (χ1v) is 10.7. The van der Waals surface area contributed by atoms with Crippen LogP contribution in [0, 0.1) is 0 Å². The number of halogens is 1. The number of hydrogen-bond donors (Lipinski definition) is 2. The molecule has 1 fully saturated rings. The topological polar surface area (TPSA) is 93.7 Å². The summed E-state index contributed by atoms with van der Waals surface area (Å²) in [5, 5.41) is 6.34. The van der Waals surface area contributed by atoms with Crippen molar-refractivity contribution >= 4 is 50.6 Å². The highest BCUT2D eigenvalue weighted by atomic mass is 79.9. The van der Waals surface area contributed by atoms with Crippen molar-refractivity contribution in [3.63, 3.8) is 0 Å². The molecule has 1 aliphatic heterocycles. The zero-order chi connectivity index (χ0) is 22.7. The van der Waals surface area contributed by atoms with E-state index >= 15 is 0 Å². The first-order valence-electron chi connectivity index (χ1n) is 9.90. The number of ether oxygens (including phenoxy) is 2. The van der Waals surface area contributed by atoms with Crippen molar-refractivity contribution in [3.8, 4) is 11.5 Å². The van der Waals surface area contributed by atoms with Crippen LogP contribution in [0.15, 0.2) is 64.6 Å². The van der Waals surface area contributed by atoms with Gasteiger partial charge in [0.25, 0.3) is 11.8 Å². The average Bonchev–Trinajstić information content (AvgIpc) is 2.76. The number of benzene rings is 3.